The van der Waals surface area contributed by atoms with Gasteiger partial charge in [0.2, 0.25) is 0 Å². The van der Waals surface area contributed by atoms with Crippen molar-refractivity contribution in [1.29, 1.82) is 0 Å². The Morgan fingerprint density at radius 2 is 1.77 bits per heavy atom. The van der Waals surface area contributed by atoms with Gasteiger partial charge in [0.05, 0.1) is 0 Å². The molecule has 0 radical (unpaired) electrons. The number of nitrogens with one attached hydrogen (secondary N) is 1. The van der Waals surface area contributed by atoms with Crippen LogP contribution >= 0.6 is 0 Å². The van der Waals surface area contributed by atoms with Crippen LogP contribution in [0.3, 0.4) is 0 Å². The number of aliphatic hydroxyl groups is 1. The van der Waals surface area contributed by atoms with E-state index in [9.17, 15) is 5.11 Å². The van der Waals surface area contributed by atoms with Gasteiger partial charge < -0.3 is 10.4 Å². The van der Waals surface area contributed by atoms with E-state index >= 15 is 0 Å². The average Bonchev–Trinajstić information content (AvgIpc) is 2.03. The molecule has 2 nitrogen and oxygen atoms in total. The maximum absolute atomic E-state index is 9.50. The molecule has 0 aromatic carbocycles. The fourth-order valence-corrected chi connectivity index (χ4v) is 5.19. The second kappa shape index (κ2) is 4.11. The summed E-state index contributed by atoms with van der Waals surface area (Å²) >= 11 is 0. The summed E-state index contributed by atoms with van der Waals surface area (Å²) < 4.78 is 0. The smallest absolute Gasteiger partial charge is 0.0485 e. The average molecular weight is 201 g/mol. The van der Waals surface area contributed by atoms with Crippen molar-refractivity contribution in [3.05, 3.63) is 0 Å². The summed E-state index contributed by atoms with van der Waals surface area (Å²) in [5, 5.41) is 12.9. The van der Waals surface area contributed by atoms with Crippen LogP contribution in [0.2, 0.25) is 25.7 Å². The number of hydrogen-bond donors (Lipinski definition) is 2. The van der Waals surface area contributed by atoms with Gasteiger partial charge in [-0.3, -0.25) is 0 Å². The minimum atomic E-state index is -1.03. The highest BCUT2D eigenvalue weighted by Crippen LogP contribution is 2.36. The summed E-state index contributed by atoms with van der Waals surface area (Å²) in [5.41, 5.74) is 0.260. The Morgan fingerprint density at radius 1 is 1.23 bits per heavy atom. The summed E-state index contributed by atoms with van der Waals surface area (Å²) in [6, 6.07) is 1.28. The maximum Gasteiger partial charge on any atom is 0.0485 e. The lowest BCUT2D eigenvalue weighted by Crippen LogP contribution is -2.43. The fourth-order valence-electron chi connectivity index (χ4n) is 2.47. The van der Waals surface area contributed by atoms with Crippen molar-refractivity contribution in [1.82, 2.24) is 5.32 Å². The van der Waals surface area contributed by atoms with E-state index in [-0.39, 0.29) is 5.41 Å². The monoisotopic (exact) mass is 201 g/mol. The minimum Gasteiger partial charge on any atom is -0.396 e. The van der Waals surface area contributed by atoms with Crippen molar-refractivity contribution in [3.63, 3.8) is 0 Å². The van der Waals surface area contributed by atoms with E-state index in [0.717, 1.165) is 25.9 Å². The van der Waals surface area contributed by atoms with Crippen LogP contribution in [0.5, 0.6) is 0 Å². The zero-order chi connectivity index (χ0) is 9.95. The maximum atomic E-state index is 9.50. The molecule has 0 atom stereocenters. The molecule has 0 aliphatic carbocycles. The molecule has 78 valence electrons. The SMILES string of the molecule is C[Si](C)(C)CC1(CO)CCNCC1. The van der Waals surface area contributed by atoms with Crippen LogP contribution in [0.4, 0.5) is 0 Å². The highest BCUT2D eigenvalue weighted by atomic mass is 28.3. The van der Waals surface area contributed by atoms with Gasteiger partial charge in [-0.15, -0.1) is 0 Å². The van der Waals surface area contributed by atoms with E-state index in [1.54, 1.807) is 0 Å². The molecule has 1 aliphatic heterocycles. The minimum absolute atomic E-state index is 0.260. The highest BCUT2D eigenvalue weighted by Gasteiger charge is 2.35. The third-order valence-electron chi connectivity index (χ3n) is 2.90. The molecule has 0 amide bonds. The summed E-state index contributed by atoms with van der Waals surface area (Å²) in [6.07, 6.45) is 2.32. The standard InChI is InChI=1S/C10H23NOSi/c1-13(2,3)9-10(8-12)4-6-11-7-5-10/h11-12H,4-9H2,1-3H3. The quantitative estimate of drug-likeness (QED) is 0.681. The van der Waals surface area contributed by atoms with Crippen molar-refractivity contribution in [2.45, 2.75) is 38.5 Å². The Bertz CT molecular complexity index is 159. The predicted octanol–water partition coefficient (Wildman–Crippen LogP) is 1.69. The van der Waals surface area contributed by atoms with E-state index in [4.69, 9.17) is 0 Å². The molecule has 0 aromatic rings. The van der Waals surface area contributed by atoms with Gasteiger partial charge in [0, 0.05) is 14.7 Å². The molecule has 3 heteroatoms. The molecule has 13 heavy (non-hydrogen) atoms. The van der Waals surface area contributed by atoms with E-state index in [2.05, 4.69) is 25.0 Å². The van der Waals surface area contributed by atoms with E-state index in [1.807, 2.05) is 0 Å². The first kappa shape index (κ1) is 11.2. The molecule has 2 N–H and O–H groups in total. The van der Waals surface area contributed by atoms with E-state index in [1.165, 1.54) is 6.04 Å². The zero-order valence-corrected chi connectivity index (χ0v) is 10.2. The normalized spacial score (nSPS) is 23.1. The van der Waals surface area contributed by atoms with Crippen molar-refractivity contribution >= 4 is 8.07 Å². The van der Waals surface area contributed by atoms with Crippen molar-refractivity contribution in [2.75, 3.05) is 19.7 Å². The number of aliphatic hydroxyl groups excluding tert-OH is 1. The molecule has 0 unspecified atom stereocenters. The van der Waals surface area contributed by atoms with E-state index < -0.39 is 8.07 Å². The molecule has 0 spiro atoms. The van der Waals surface area contributed by atoms with Crippen LogP contribution in [0, 0.1) is 5.41 Å². The Labute approximate surface area is 82.7 Å². The summed E-state index contributed by atoms with van der Waals surface area (Å²) in [6.45, 7) is 9.75. The first-order chi connectivity index (χ1) is 5.97. The molecule has 0 saturated carbocycles. The first-order valence-corrected chi connectivity index (χ1v) is 9.00. The molecule has 1 heterocycles. The lowest BCUT2D eigenvalue weighted by molar-refractivity contribution is 0.106. The van der Waals surface area contributed by atoms with Gasteiger partial charge in [-0.05, 0) is 37.4 Å². The van der Waals surface area contributed by atoms with Gasteiger partial charge >= 0.3 is 0 Å². The molecular formula is C10H23NOSi. The highest BCUT2D eigenvalue weighted by molar-refractivity contribution is 6.76. The molecule has 0 aromatic heterocycles. The Hall–Kier alpha value is 0.137. The van der Waals surface area contributed by atoms with Gasteiger partial charge in [-0.1, -0.05) is 19.6 Å². The van der Waals surface area contributed by atoms with Gasteiger partial charge in [-0.25, -0.2) is 0 Å². The van der Waals surface area contributed by atoms with Crippen molar-refractivity contribution in [2.24, 2.45) is 5.41 Å². The number of rotatable bonds is 3. The lowest BCUT2D eigenvalue weighted by atomic mass is 9.82. The lowest BCUT2D eigenvalue weighted by Gasteiger charge is -2.40. The van der Waals surface area contributed by atoms with E-state index in [0.29, 0.717) is 6.61 Å². The van der Waals surface area contributed by atoms with Crippen LogP contribution in [0.25, 0.3) is 0 Å². The topological polar surface area (TPSA) is 32.3 Å². The first-order valence-electron chi connectivity index (χ1n) is 5.29. The van der Waals surface area contributed by atoms with Crippen LogP contribution < -0.4 is 5.32 Å². The fraction of sp³-hybridized carbons (Fsp3) is 1.00. The van der Waals surface area contributed by atoms with Gasteiger partial charge in [0.15, 0.2) is 0 Å². The molecule has 1 saturated heterocycles. The van der Waals surface area contributed by atoms with Crippen LogP contribution in [0.15, 0.2) is 0 Å². The molecular weight excluding hydrogens is 178 g/mol. The molecule has 0 bridgehead atoms. The summed E-state index contributed by atoms with van der Waals surface area (Å²) in [7, 11) is -1.03. The Morgan fingerprint density at radius 3 is 2.15 bits per heavy atom. The van der Waals surface area contributed by atoms with Crippen LogP contribution in [-0.2, 0) is 0 Å². The predicted molar refractivity (Wildman–Crippen MR) is 59.8 cm³/mol. The summed E-state index contributed by atoms with van der Waals surface area (Å²) in [5.74, 6) is 0. The van der Waals surface area contributed by atoms with Gasteiger partial charge in [0.1, 0.15) is 0 Å². The van der Waals surface area contributed by atoms with Crippen LogP contribution in [0.1, 0.15) is 12.8 Å². The van der Waals surface area contributed by atoms with Crippen molar-refractivity contribution < 1.29 is 5.11 Å². The van der Waals surface area contributed by atoms with Gasteiger partial charge in [0.25, 0.3) is 0 Å². The second-order valence-corrected chi connectivity index (χ2v) is 11.1. The number of hydrogen-bond acceptors (Lipinski definition) is 2. The third-order valence-corrected chi connectivity index (χ3v) is 4.72. The Kier molecular flexibility index (Phi) is 3.55. The van der Waals surface area contributed by atoms with Crippen LogP contribution in [-0.4, -0.2) is 32.9 Å². The second-order valence-electron chi connectivity index (χ2n) is 5.65. The summed E-state index contributed by atoms with van der Waals surface area (Å²) in [4.78, 5) is 0. The molecule has 1 aliphatic rings. The molecule has 1 fully saturated rings. The Balaban J connectivity index is 2.57. The largest absolute Gasteiger partial charge is 0.396 e. The van der Waals surface area contributed by atoms with Crippen molar-refractivity contribution in [3.8, 4) is 0 Å². The zero-order valence-electron chi connectivity index (χ0n) is 9.19. The van der Waals surface area contributed by atoms with Gasteiger partial charge in [-0.2, -0.15) is 0 Å². The molecule has 1 rings (SSSR count). The third kappa shape index (κ3) is 3.41. The number of piperidine rings is 1.